The molecule has 0 saturated carbocycles. The molecule has 116 valence electrons. The third-order valence-electron chi connectivity index (χ3n) is 2.90. The maximum absolute atomic E-state index is 12.4. The molecule has 2 aromatic rings. The number of rotatable bonds is 4. The van der Waals surface area contributed by atoms with E-state index in [2.05, 4.69) is 9.97 Å². The van der Waals surface area contributed by atoms with Crippen LogP contribution in [0.3, 0.4) is 0 Å². The summed E-state index contributed by atoms with van der Waals surface area (Å²) in [5.74, 6) is -0.467. The second kappa shape index (κ2) is 6.75. The molecule has 1 aromatic carbocycles. The van der Waals surface area contributed by atoms with Gasteiger partial charge in [0.1, 0.15) is 5.56 Å². The van der Waals surface area contributed by atoms with Crippen LogP contribution in [-0.2, 0) is 4.74 Å². The van der Waals surface area contributed by atoms with Crippen LogP contribution in [0.1, 0.15) is 29.9 Å². The molecule has 0 unspecified atom stereocenters. The smallest absolute Gasteiger partial charge is 0.342 e. The fourth-order valence-electron chi connectivity index (χ4n) is 2.00. The Morgan fingerprint density at radius 1 is 1.27 bits per heavy atom. The predicted octanol–water partition coefficient (Wildman–Crippen LogP) is 3.68. The number of esters is 1. The first-order chi connectivity index (χ1) is 10.4. The molecule has 5 nitrogen and oxygen atoms in total. The molecule has 6 heteroatoms. The van der Waals surface area contributed by atoms with Crippen molar-refractivity contribution in [2.24, 2.45) is 0 Å². The molecule has 0 bridgehead atoms. The van der Waals surface area contributed by atoms with Crippen LogP contribution in [0.5, 0.6) is 6.01 Å². The van der Waals surface area contributed by atoms with Crippen molar-refractivity contribution >= 4 is 17.6 Å². The normalized spacial score (nSPS) is 10.6. The maximum atomic E-state index is 12.4. The summed E-state index contributed by atoms with van der Waals surface area (Å²) in [5.41, 5.74) is 1.95. The molecule has 0 aliphatic carbocycles. The van der Waals surface area contributed by atoms with E-state index in [0.29, 0.717) is 27.5 Å². The summed E-state index contributed by atoms with van der Waals surface area (Å²) in [6.07, 6.45) is -0.235. The molecule has 0 atom stereocenters. The number of hydrogen-bond donors (Lipinski definition) is 0. The van der Waals surface area contributed by atoms with E-state index in [1.807, 2.05) is 6.07 Å². The molecule has 0 N–H and O–H groups in total. The predicted molar refractivity (Wildman–Crippen MR) is 84.3 cm³/mol. The molecule has 0 saturated heterocycles. The summed E-state index contributed by atoms with van der Waals surface area (Å²) < 4.78 is 10.4. The molecule has 1 heterocycles. The van der Waals surface area contributed by atoms with Gasteiger partial charge >= 0.3 is 12.0 Å². The van der Waals surface area contributed by atoms with Crippen LogP contribution in [0.25, 0.3) is 11.3 Å². The first kappa shape index (κ1) is 16.2. The molecular weight excluding hydrogens is 304 g/mol. The summed E-state index contributed by atoms with van der Waals surface area (Å²) in [5, 5.41) is 0.552. The molecular formula is C16H17ClN2O3. The third-order valence-corrected chi connectivity index (χ3v) is 3.13. The quantitative estimate of drug-likeness (QED) is 0.804. The van der Waals surface area contributed by atoms with Gasteiger partial charge in [0.25, 0.3) is 0 Å². The third kappa shape index (κ3) is 3.54. The SMILES string of the molecule is COc1nc(C)c(C(=O)OC(C)C)c(-c2cccc(Cl)c2)n1. The number of nitrogens with zero attached hydrogens (tertiary/aromatic N) is 2. The van der Waals surface area contributed by atoms with Gasteiger partial charge in [-0.3, -0.25) is 0 Å². The number of benzene rings is 1. The summed E-state index contributed by atoms with van der Waals surface area (Å²) in [6.45, 7) is 5.29. The Hall–Kier alpha value is -2.14. The van der Waals surface area contributed by atoms with Crippen LogP contribution in [0, 0.1) is 6.92 Å². The lowest BCUT2D eigenvalue weighted by Crippen LogP contribution is -2.16. The fraction of sp³-hybridized carbons (Fsp3) is 0.312. The monoisotopic (exact) mass is 320 g/mol. The highest BCUT2D eigenvalue weighted by Gasteiger charge is 2.22. The summed E-state index contributed by atoms with van der Waals surface area (Å²) >= 11 is 6.03. The first-order valence-corrected chi connectivity index (χ1v) is 7.19. The minimum absolute atomic E-state index is 0.188. The molecule has 0 radical (unpaired) electrons. The van der Waals surface area contributed by atoms with Gasteiger partial charge in [-0.1, -0.05) is 23.7 Å². The average Bonchev–Trinajstić information content (AvgIpc) is 2.45. The first-order valence-electron chi connectivity index (χ1n) is 6.82. The van der Waals surface area contributed by atoms with Crippen LogP contribution < -0.4 is 4.74 Å². The summed E-state index contributed by atoms with van der Waals surface area (Å²) in [4.78, 5) is 20.8. The van der Waals surface area contributed by atoms with E-state index in [-0.39, 0.29) is 12.1 Å². The van der Waals surface area contributed by atoms with Gasteiger partial charge in [0.05, 0.1) is 24.6 Å². The van der Waals surface area contributed by atoms with E-state index in [0.717, 1.165) is 0 Å². The van der Waals surface area contributed by atoms with Crippen LogP contribution in [0.2, 0.25) is 5.02 Å². The molecule has 0 fully saturated rings. The summed E-state index contributed by atoms with van der Waals surface area (Å²) in [7, 11) is 1.47. The highest BCUT2D eigenvalue weighted by molar-refractivity contribution is 6.30. The number of carbonyl (C=O) groups excluding carboxylic acids is 1. The minimum Gasteiger partial charge on any atom is -0.467 e. The minimum atomic E-state index is -0.467. The van der Waals surface area contributed by atoms with Gasteiger partial charge in [0.2, 0.25) is 0 Å². The van der Waals surface area contributed by atoms with Crippen molar-refractivity contribution in [3.63, 3.8) is 0 Å². The molecule has 22 heavy (non-hydrogen) atoms. The molecule has 0 amide bonds. The van der Waals surface area contributed by atoms with Gasteiger partial charge in [-0.25, -0.2) is 4.79 Å². The number of ether oxygens (including phenoxy) is 2. The largest absolute Gasteiger partial charge is 0.467 e. The molecule has 0 aliphatic rings. The lowest BCUT2D eigenvalue weighted by atomic mass is 10.0. The van der Waals surface area contributed by atoms with E-state index in [4.69, 9.17) is 21.1 Å². The summed E-state index contributed by atoms with van der Waals surface area (Å²) in [6, 6.07) is 7.28. The number of methoxy groups -OCH3 is 1. The second-order valence-corrected chi connectivity index (χ2v) is 5.42. The molecule has 0 aliphatic heterocycles. The van der Waals surface area contributed by atoms with Crippen molar-refractivity contribution in [1.82, 2.24) is 9.97 Å². The van der Waals surface area contributed by atoms with Gasteiger partial charge in [-0.05, 0) is 32.9 Å². The standard InChI is InChI=1S/C16H17ClN2O3/c1-9(2)22-15(20)13-10(3)18-16(21-4)19-14(13)11-6-5-7-12(17)8-11/h5-9H,1-4H3. The Kier molecular flexibility index (Phi) is 4.98. The Balaban J connectivity index is 2.63. The average molecular weight is 321 g/mol. The van der Waals surface area contributed by atoms with Crippen molar-refractivity contribution in [2.45, 2.75) is 26.9 Å². The Labute approximate surface area is 134 Å². The van der Waals surface area contributed by atoms with Crippen molar-refractivity contribution in [3.8, 4) is 17.3 Å². The second-order valence-electron chi connectivity index (χ2n) is 4.98. The lowest BCUT2D eigenvalue weighted by Gasteiger charge is -2.14. The van der Waals surface area contributed by atoms with E-state index in [9.17, 15) is 4.79 Å². The Bertz CT molecular complexity index is 702. The maximum Gasteiger partial charge on any atom is 0.342 e. The Morgan fingerprint density at radius 2 is 2.00 bits per heavy atom. The number of hydrogen-bond acceptors (Lipinski definition) is 5. The fourth-order valence-corrected chi connectivity index (χ4v) is 2.19. The van der Waals surface area contributed by atoms with Crippen LogP contribution in [0.4, 0.5) is 0 Å². The van der Waals surface area contributed by atoms with Gasteiger partial charge in [-0.15, -0.1) is 0 Å². The zero-order valence-electron chi connectivity index (χ0n) is 12.9. The zero-order chi connectivity index (χ0) is 16.3. The van der Waals surface area contributed by atoms with Crippen LogP contribution >= 0.6 is 11.6 Å². The number of aromatic nitrogens is 2. The number of halogens is 1. The van der Waals surface area contributed by atoms with E-state index >= 15 is 0 Å². The van der Waals surface area contributed by atoms with Gasteiger partial charge < -0.3 is 9.47 Å². The van der Waals surface area contributed by atoms with Gasteiger partial charge in [0.15, 0.2) is 0 Å². The Morgan fingerprint density at radius 3 is 2.59 bits per heavy atom. The van der Waals surface area contributed by atoms with E-state index < -0.39 is 5.97 Å². The van der Waals surface area contributed by atoms with Crippen molar-refractivity contribution in [2.75, 3.05) is 7.11 Å². The van der Waals surface area contributed by atoms with Crippen molar-refractivity contribution < 1.29 is 14.3 Å². The number of carbonyl (C=O) groups is 1. The van der Waals surface area contributed by atoms with Crippen LogP contribution in [-0.4, -0.2) is 29.2 Å². The highest BCUT2D eigenvalue weighted by Crippen LogP contribution is 2.28. The zero-order valence-corrected chi connectivity index (χ0v) is 13.6. The van der Waals surface area contributed by atoms with Gasteiger partial charge in [-0.2, -0.15) is 9.97 Å². The molecule has 0 spiro atoms. The van der Waals surface area contributed by atoms with Crippen LogP contribution in [0.15, 0.2) is 24.3 Å². The number of aryl methyl sites for hydroxylation is 1. The molecule has 2 rings (SSSR count). The van der Waals surface area contributed by atoms with E-state index in [1.54, 1.807) is 39.0 Å². The molecule has 1 aromatic heterocycles. The van der Waals surface area contributed by atoms with Crippen molar-refractivity contribution in [1.29, 1.82) is 0 Å². The highest BCUT2D eigenvalue weighted by atomic mass is 35.5. The van der Waals surface area contributed by atoms with Gasteiger partial charge in [0, 0.05) is 10.6 Å². The van der Waals surface area contributed by atoms with E-state index in [1.165, 1.54) is 7.11 Å². The lowest BCUT2D eigenvalue weighted by molar-refractivity contribution is 0.0377. The van der Waals surface area contributed by atoms with Crippen molar-refractivity contribution in [3.05, 3.63) is 40.5 Å². The topological polar surface area (TPSA) is 61.3 Å².